The Bertz CT molecular complexity index is 1070. The topological polar surface area (TPSA) is 155 Å². The normalized spacial score (nSPS) is 24.2. The van der Waals surface area contributed by atoms with Gasteiger partial charge in [-0.05, 0) is 47.9 Å². The molecule has 0 unspecified atom stereocenters. The number of allylic oxidation sites excluding steroid dienone is 1. The number of phenols is 2. The zero-order valence-corrected chi connectivity index (χ0v) is 19.0. The predicted molar refractivity (Wildman–Crippen MR) is 124 cm³/mol. The lowest BCUT2D eigenvalue weighted by Crippen LogP contribution is -2.60. The van der Waals surface area contributed by atoms with Gasteiger partial charge in [0.15, 0.2) is 23.0 Å². The summed E-state index contributed by atoms with van der Waals surface area (Å²) in [5.41, 5.74) is 1.36. The number of carbonyl (C=O) groups excluding carboxylic acids is 1. The maximum Gasteiger partial charge on any atom is 0.330 e. The van der Waals surface area contributed by atoms with E-state index in [-0.39, 0.29) is 17.2 Å². The second-order valence-corrected chi connectivity index (χ2v) is 7.82. The van der Waals surface area contributed by atoms with Gasteiger partial charge < -0.3 is 44.5 Å². The fraction of sp³-hybridized carbons (Fsp3) is 0.320. The van der Waals surface area contributed by atoms with Crippen LogP contribution < -0.4 is 9.47 Å². The van der Waals surface area contributed by atoms with Crippen molar-refractivity contribution >= 4 is 12.0 Å². The minimum atomic E-state index is -1.63. The summed E-state index contributed by atoms with van der Waals surface area (Å²) in [4.78, 5) is 12.1. The van der Waals surface area contributed by atoms with E-state index in [4.69, 9.17) is 18.9 Å². The van der Waals surface area contributed by atoms with Gasteiger partial charge in [0.05, 0.1) is 7.11 Å². The first-order valence-electron chi connectivity index (χ1n) is 10.7. The molecule has 188 valence electrons. The maximum absolute atomic E-state index is 12.1. The van der Waals surface area contributed by atoms with Crippen molar-refractivity contribution < 1.29 is 49.3 Å². The number of aliphatic hydroxyl groups excluding tert-OH is 3. The van der Waals surface area contributed by atoms with Gasteiger partial charge in [0.25, 0.3) is 0 Å². The fourth-order valence-electron chi connectivity index (χ4n) is 3.40. The number of hydrogen-bond acceptors (Lipinski definition) is 10. The monoisotopic (exact) mass is 488 g/mol. The molecule has 5 atom stereocenters. The zero-order chi connectivity index (χ0) is 25.5. The summed E-state index contributed by atoms with van der Waals surface area (Å²) in [6, 6.07) is 9.12. The first-order chi connectivity index (χ1) is 16.7. The molecule has 0 bridgehead atoms. The summed E-state index contributed by atoms with van der Waals surface area (Å²) in [7, 11) is 1.45. The Kier molecular flexibility index (Phi) is 8.72. The molecule has 2 aromatic carbocycles. The van der Waals surface area contributed by atoms with Gasteiger partial charge in [0.2, 0.25) is 6.29 Å². The molecule has 1 fully saturated rings. The van der Waals surface area contributed by atoms with Crippen molar-refractivity contribution in [2.45, 2.75) is 37.1 Å². The smallest absolute Gasteiger partial charge is 0.330 e. The number of benzene rings is 2. The molecular formula is C25H28O10. The van der Waals surface area contributed by atoms with Crippen LogP contribution in [0.4, 0.5) is 0 Å². The summed E-state index contributed by atoms with van der Waals surface area (Å²) >= 11 is 0. The Morgan fingerprint density at radius 1 is 1.03 bits per heavy atom. The van der Waals surface area contributed by atoms with Crippen LogP contribution in [0.1, 0.15) is 11.1 Å². The van der Waals surface area contributed by atoms with Gasteiger partial charge in [-0.1, -0.05) is 18.2 Å². The lowest BCUT2D eigenvalue weighted by atomic mass is 9.99. The Morgan fingerprint density at radius 2 is 1.80 bits per heavy atom. The molecular weight excluding hydrogens is 460 g/mol. The summed E-state index contributed by atoms with van der Waals surface area (Å²) in [6.07, 6.45) is -2.56. The standard InChI is InChI=1S/C25H28O10/c1-3-4-14-6-9-18(19(12-14)32-2)34-25-24(31)23(30)22(29)20(35-25)13-33-21(28)10-7-15-5-8-16(26)17(27)11-15/h3,5-12,20,22-27,29-31H,1,4,13H2,2H3/b10-7+/t20-,22-,23+,24-,25-/m1/s1. The van der Waals surface area contributed by atoms with E-state index in [0.29, 0.717) is 17.7 Å². The van der Waals surface area contributed by atoms with E-state index in [2.05, 4.69) is 6.58 Å². The molecule has 0 spiro atoms. The number of aromatic hydroxyl groups is 2. The minimum absolute atomic E-state index is 0.240. The zero-order valence-electron chi connectivity index (χ0n) is 19.0. The molecule has 10 nitrogen and oxygen atoms in total. The number of methoxy groups -OCH3 is 1. The van der Waals surface area contributed by atoms with Gasteiger partial charge in [-0.15, -0.1) is 6.58 Å². The van der Waals surface area contributed by atoms with Crippen molar-refractivity contribution in [3.05, 3.63) is 66.3 Å². The highest BCUT2D eigenvalue weighted by atomic mass is 16.7. The van der Waals surface area contributed by atoms with Gasteiger partial charge in [-0.2, -0.15) is 0 Å². The molecule has 10 heteroatoms. The molecule has 35 heavy (non-hydrogen) atoms. The second kappa shape index (κ2) is 11.7. The van der Waals surface area contributed by atoms with E-state index in [0.717, 1.165) is 11.6 Å². The lowest BCUT2D eigenvalue weighted by molar-refractivity contribution is -0.278. The number of hydrogen-bond donors (Lipinski definition) is 5. The summed E-state index contributed by atoms with van der Waals surface area (Å²) in [5.74, 6) is -0.815. The van der Waals surface area contributed by atoms with Crippen molar-refractivity contribution in [1.29, 1.82) is 0 Å². The third-order valence-electron chi connectivity index (χ3n) is 5.32. The third-order valence-corrected chi connectivity index (χ3v) is 5.32. The number of aliphatic hydroxyl groups is 3. The number of ether oxygens (including phenoxy) is 4. The SMILES string of the molecule is C=CCc1ccc(O[C@@H]2O[C@H](COC(=O)/C=C/c3ccc(O)c(O)c3)[C@@H](O)[C@H](O)[C@H]2O)c(OC)c1. The molecule has 2 aromatic rings. The maximum atomic E-state index is 12.1. The summed E-state index contributed by atoms with van der Waals surface area (Å²) in [5, 5.41) is 49.7. The molecule has 0 aromatic heterocycles. The third kappa shape index (κ3) is 6.52. The minimum Gasteiger partial charge on any atom is -0.504 e. The highest BCUT2D eigenvalue weighted by molar-refractivity contribution is 5.87. The van der Waals surface area contributed by atoms with Crippen LogP contribution in [0.5, 0.6) is 23.0 Å². The quantitative estimate of drug-likeness (QED) is 0.151. The lowest BCUT2D eigenvalue weighted by Gasteiger charge is -2.40. The van der Waals surface area contributed by atoms with Crippen molar-refractivity contribution in [3.63, 3.8) is 0 Å². The largest absolute Gasteiger partial charge is 0.504 e. The molecule has 1 aliphatic rings. The first kappa shape index (κ1) is 26.0. The van der Waals surface area contributed by atoms with Crippen molar-refractivity contribution in [2.24, 2.45) is 0 Å². The Hall–Kier alpha value is -3.57. The van der Waals surface area contributed by atoms with Crippen molar-refractivity contribution in [1.82, 2.24) is 0 Å². The Labute approximate surface area is 201 Å². The molecule has 1 aliphatic heterocycles. The Morgan fingerprint density at radius 3 is 2.49 bits per heavy atom. The fourth-order valence-corrected chi connectivity index (χ4v) is 3.40. The van der Waals surface area contributed by atoms with Crippen LogP contribution in [-0.2, 0) is 20.7 Å². The molecule has 0 amide bonds. The second-order valence-electron chi connectivity index (χ2n) is 7.82. The van der Waals surface area contributed by atoms with Crippen LogP contribution >= 0.6 is 0 Å². The van der Waals surface area contributed by atoms with E-state index < -0.39 is 43.3 Å². The molecule has 1 saturated heterocycles. The predicted octanol–water partition coefficient (Wildman–Crippen LogP) is 1.28. The molecule has 0 aliphatic carbocycles. The molecule has 3 rings (SSSR count). The van der Waals surface area contributed by atoms with Crippen LogP contribution in [0.25, 0.3) is 6.08 Å². The Balaban J connectivity index is 1.64. The average molecular weight is 488 g/mol. The van der Waals surface area contributed by atoms with E-state index in [1.54, 1.807) is 24.3 Å². The number of rotatable bonds is 9. The van der Waals surface area contributed by atoms with Crippen LogP contribution in [0.2, 0.25) is 0 Å². The number of carbonyl (C=O) groups is 1. The van der Waals surface area contributed by atoms with Crippen LogP contribution in [0, 0.1) is 0 Å². The summed E-state index contributed by atoms with van der Waals surface area (Å²) < 4.78 is 21.7. The molecule has 5 N–H and O–H groups in total. The number of phenolic OH excluding ortho intramolecular Hbond substituents is 2. The van der Waals surface area contributed by atoms with Crippen LogP contribution in [0.3, 0.4) is 0 Å². The highest BCUT2D eigenvalue weighted by Gasteiger charge is 2.45. The van der Waals surface area contributed by atoms with Gasteiger partial charge in [-0.3, -0.25) is 0 Å². The van der Waals surface area contributed by atoms with Crippen LogP contribution in [0.15, 0.2) is 55.1 Å². The van der Waals surface area contributed by atoms with E-state index >= 15 is 0 Å². The average Bonchev–Trinajstić information content (AvgIpc) is 2.85. The summed E-state index contributed by atoms with van der Waals surface area (Å²) in [6.45, 7) is 3.25. The molecule has 0 saturated carbocycles. The number of esters is 1. The molecule has 0 radical (unpaired) electrons. The van der Waals surface area contributed by atoms with Gasteiger partial charge >= 0.3 is 5.97 Å². The first-order valence-corrected chi connectivity index (χ1v) is 10.7. The van der Waals surface area contributed by atoms with E-state index in [9.17, 15) is 30.3 Å². The van der Waals surface area contributed by atoms with Crippen molar-refractivity contribution in [2.75, 3.05) is 13.7 Å². The van der Waals surface area contributed by atoms with E-state index in [1.807, 2.05) is 0 Å². The van der Waals surface area contributed by atoms with E-state index in [1.165, 1.54) is 31.4 Å². The van der Waals surface area contributed by atoms with Gasteiger partial charge in [-0.25, -0.2) is 4.79 Å². The molecule has 1 heterocycles. The van der Waals surface area contributed by atoms with Gasteiger partial charge in [0.1, 0.15) is 31.0 Å². The van der Waals surface area contributed by atoms with Gasteiger partial charge in [0, 0.05) is 6.08 Å². The highest BCUT2D eigenvalue weighted by Crippen LogP contribution is 2.32. The van der Waals surface area contributed by atoms with Crippen molar-refractivity contribution in [3.8, 4) is 23.0 Å². The van der Waals surface area contributed by atoms with Crippen LogP contribution in [-0.4, -0.2) is 75.9 Å².